The fourth-order valence-corrected chi connectivity index (χ4v) is 4.73. The molecule has 3 heteroatoms. The predicted octanol–water partition coefficient (Wildman–Crippen LogP) is 4.40. The molecule has 0 bridgehead atoms. The summed E-state index contributed by atoms with van der Waals surface area (Å²) in [6.07, 6.45) is 4.59. The van der Waals surface area contributed by atoms with Gasteiger partial charge in [0.1, 0.15) is 0 Å². The van der Waals surface area contributed by atoms with Crippen LogP contribution in [0.4, 0.5) is 0 Å². The molecule has 1 aromatic heterocycles. The van der Waals surface area contributed by atoms with Crippen molar-refractivity contribution in [2.24, 2.45) is 5.92 Å². The van der Waals surface area contributed by atoms with Crippen molar-refractivity contribution < 1.29 is 9.84 Å². The van der Waals surface area contributed by atoms with Crippen LogP contribution in [0.5, 0.6) is 0 Å². The Kier molecular flexibility index (Phi) is 4.34. The fraction of sp³-hybridized carbons (Fsp3) is 0.556. The number of fused-ring (bicyclic) bond motifs is 1. The first-order valence-corrected chi connectivity index (χ1v) is 8.71. The predicted molar refractivity (Wildman–Crippen MR) is 88.9 cm³/mol. The van der Waals surface area contributed by atoms with Crippen molar-refractivity contribution >= 4 is 21.4 Å². The molecule has 3 unspecified atom stereocenters. The minimum Gasteiger partial charge on any atom is -0.390 e. The second-order valence-corrected chi connectivity index (χ2v) is 7.36. The Hall–Kier alpha value is -0.900. The number of thiophene rings is 1. The van der Waals surface area contributed by atoms with Crippen LogP contribution in [0, 0.1) is 5.92 Å². The molecule has 3 rings (SSSR count). The van der Waals surface area contributed by atoms with Gasteiger partial charge < -0.3 is 9.84 Å². The molecule has 0 amide bonds. The number of rotatable bonds is 4. The average molecular weight is 304 g/mol. The third-order valence-corrected chi connectivity index (χ3v) is 5.99. The van der Waals surface area contributed by atoms with Crippen molar-refractivity contribution in [1.29, 1.82) is 0 Å². The van der Waals surface area contributed by atoms with E-state index in [9.17, 15) is 5.11 Å². The minimum absolute atomic E-state index is 0.360. The van der Waals surface area contributed by atoms with Crippen LogP contribution in [0.3, 0.4) is 0 Å². The molecule has 1 N–H and O–H groups in total. The van der Waals surface area contributed by atoms with E-state index in [1.165, 1.54) is 22.1 Å². The van der Waals surface area contributed by atoms with Gasteiger partial charge >= 0.3 is 0 Å². The Balaban J connectivity index is 1.83. The molecule has 1 aromatic carbocycles. The van der Waals surface area contributed by atoms with Gasteiger partial charge in [-0.15, -0.1) is 11.3 Å². The average Bonchev–Trinajstić information content (AvgIpc) is 2.90. The van der Waals surface area contributed by atoms with Crippen LogP contribution in [0.25, 0.3) is 10.1 Å². The van der Waals surface area contributed by atoms with Crippen molar-refractivity contribution in [3.8, 4) is 0 Å². The molecule has 114 valence electrons. The highest BCUT2D eigenvalue weighted by Gasteiger charge is 2.41. The first-order chi connectivity index (χ1) is 10.1. The molecule has 0 radical (unpaired) electrons. The number of hydrogen-bond donors (Lipinski definition) is 1. The summed E-state index contributed by atoms with van der Waals surface area (Å²) in [4.78, 5) is 0. The van der Waals surface area contributed by atoms with Crippen LogP contribution in [0.2, 0.25) is 0 Å². The van der Waals surface area contributed by atoms with Crippen LogP contribution in [-0.2, 0) is 11.2 Å². The molecular weight excluding hydrogens is 280 g/mol. The summed E-state index contributed by atoms with van der Waals surface area (Å²) in [5.74, 6) is 0.632. The van der Waals surface area contributed by atoms with E-state index in [1.807, 2.05) is 0 Å². The van der Waals surface area contributed by atoms with Gasteiger partial charge in [-0.1, -0.05) is 38.0 Å². The molecule has 1 aliphatic rings. The van der Waals surface area contributed by atoms with Gasteiger partial charge in [0.05, 0.1) is 11.7 Å². The summed E-state index contributed by atoms with van der Waals surface area (Å²) < 4.78 is 7.12. The normalized spacial score (nSPS) is 27.9. The Morgan fingerprint density at radius 2 is 2.24 bits per heavy atom. The Bertz CT molecular complexity index is 606. The molecule has 3 atom stereocenters. The van der Waals surface area contributed by atoms with Crippen molar-refractivity contribution in [2.75, 3.05) is 7.11 Å². The standard InChI is InChI=1S/C18H24O2S/c1-13-6-5-9-18(11-13,20-2)17(19)10-14-12-21-16-8-4-3-7-15(14)16/h3-4,7-8,12-13,17,19H,5-6,9-11H2,1-2H3. The number of hydrogen-bond acceptors (Lipinski definition) is 3. The topological polar surface area (TPSA) is 29.5 Å². The molecule has 1 heterocycles. The zero-order valence-corrected chi connectivity index (χ0v) is 13.7. The van der Waals surface area contributed by atoms with E-state index in [2.05, 4.69) is 36.6 Å². The number of aliphatic hydroxyl groups is 1. The van der Waals surface area contributed by atoms with E-state index in [-0.39, 0.29) is 5.60 Å². The van der Waals surface area contributed by atoms with Crippen molar-refractivity contribution in [3.63, 3.8) is 0 Å². The molecule has 1 aliphatic carbocycles. The summed E-state index contributed by atoms with van der Waals surface area (Å²) in [6, 6.07) is 8.43. The molecule has 0 spiro atoms. The van der Waals surface area contributed by atoms with Gasteiger partial charge in [0, 0.05) is 18.2 Å². The SMILES string of the molecule is COC1(C(O)Cc2csc3ccccc23)CCCC(C)C1. The molecule has 1 fully saturated rings. The third-order valence-electron chi connectivity index (χ3n) is 4.98. The van der Waals surface area contributed by atoms with Gasteiger partial charge in [0.25, 0.3) is 0 Å². The Morgan fingerprint density at radius 3 is 3.00 bits per heavy atom. The minimum atomic E-state index is -0.428. The number of benzene rings is 1. The Labute approximate surface area is 130 Å². The number of aliphatic hydroxyl groups excluding tert-OH is 1. The first kappa shape index (κ1) is 15.0. The summed E-state index contributed by atoms with van der Waals surface area (Å²) in [6.45, 7) is 2.26. The van der Waals surface area contributed by atoms with Crippen molar-refractivity contribution in [3.05, 3.63) is 35.2 Å². The quantitative estimate of drug-likeness (QED) is 0.907. The van der Waals surface area contributed by atoms with E-state index >= 15 is 0 Å². The zero-order valence-electron chi connectivity index (χ0n) is 12.8. The van der Waals surface area contributed by atoms with E-state index in [0.29, 0.717) is 12.3 Å². The summed E-state index contributed by atoms with van der Waals surface area (Å²) >= 11 is 1.76. The van der Waals surface area contributed by atoms with Crippen LogP contribution >= 0.6 is 11.3 Å². The molecule has 0 saturated heterocycles. The van der Waals surface area contributed by atoms with Gasteiger partial charge in [-0.3, -0.25) is 0 Å². The van der Waals surface area contributed by atoms with Crippen LogP contribution in [0.1, 0.15) is 38.2 Å². The molecule has 2 aromatic rings. The highest BCUT2D eigenvalue weighted by atomic mass is 32.1. The van der Waals surface area contributed by atoms with Gasteiger partial charge in [-0.2, -0.15) is 0 Å². The summed E-state index contributed by atoms with van der Waals surface area (Å²) in [5.41, 5.74) is 0.888. The zero-order chi connectivity index (χ0) is 14.9. The Morgan fingerprint density at radius 1 is 1.43 bits per heavy atom. The molecule has 1 saturated carbocycles. The van der Waals surface area contributed by atoms with E-state index in [0.717, 1.165) is 19.3 Å². The lowest BCUT2D eigenvalue weighted by molar-refractivity contribution is -0.130. The maximum Gasteiger partial charge on any atom is 0.0942 e. The van der Waals surface area contributed by atoms with Gasteiger partial charge in [0.15, 0.2) is 0 Å². The van der Waals surface area contributed by atoms with Crippen molar-refractivity contribution in [1.82, 2.24) is 0 Å². The van der Waals surface area contributed by atoms with E-state index in [1.54, 1.807) is 18.4 Å². The molecule has 21 heavy (non-hydrogen) atoms. The van der Waals surface area contributed by atoms with E-state index in [4.69, 9.17) is 4.74 Å². The fourth-order valence-electron chi connectivity index (χ4n) is 3.75. The maximum atomic E-state index is 10.9. The third kappa shape index (κ3) is 2.87. The summed E-state index contributed by atoms with van der Waals surface area (Å²) in [7, 11) is 1.76. The maximum absolute atomic E-state index is 10.9. The number of ether oxygens (including phenoxy) is 1. The molecule has 0 aliphatic heterocycles. The second-order valence-electron chi connectivity index (χ2n) is 6.45. The van der Waals surface area contributed by atoms with Crippen LogP contribution < -0.4 is 0 Å². The van der Waals surface area contributed by atoms with Crippen LogP contribution in [0.15, 0.2) is 29.6 Å². The van der Waals surface area contributed by atoms with Gasteiger partial charge in [-0.05, 0) is 41.2 Å². The second kappa shape index (κ2) is 6.07. The highest BCUT2D eigenvalue weighted by Crippen LogP contribution is 2.39. The molecular formula is C18H24O2S. The number of methoxy groups -OCH3 is 1. The van der Waals surface area contributed by atoms with E-state index < -0.39 is 6.10 Å². The van der Waals surface area contributed by atoms with Crippen molar-refractivity contribution in [2.45, 2.75) is 50.7 Å². The summed E-state index contributed by atoms with van der Waals surface area (Å²) in [5, 5.41) is 14.3. The first-order valence-electron chi connectivity index (χ1n) is 7.83. The van der Waals surface area contributed by atoms with Gasteiger partial charge in [-0.25, -0.2) is 0 Å². The largest absolute Gasteiger partial charge is 0.390 e. The lowest BCUT2D eigenvalue weighted by atomic mass is 9.74. The van der Waals surface area contributed by atoms with Gasteiger partial charge in [0.2, 0.25) is 0 Å². The molecule has 2 nitrogen and oxygen atoms in total. The highest BCUT2D eigenvalue weighted by molar-refractivity contribution is 7.17. The monoisotopic (exact) mass is 304 g/mol. The van der Waals surface area contributed by atoms with Crippen LogP contribution in [-0.4, -0.2) is 23.9 Å². The smallest absolute Gasteiger partial charge is 0.0942 e. The lowest BCUT2D eigenvalue weighted by Gasteiger charge is -2.42. The lowest BCUT2D eigenvalue weighted by Crippen LogP contribution is -2.48.